The highest BCUT2D eigenvalue weighted by Gasteiger charge is 2.19. The molecule has 152 valence electrons. The molecule has 0 fully saturated rings. The van der Waals surface area contributed by atoms with Gasteiger partial charge in [-0.05, 0) is 12.1 Å². The van der Waals surface area contributed by atoms with Crippen molar-refractivity contribution in [3.8, 4) is 0 Å². The van der Waals surface area contributed by atoms with Gasteiger partial charge in [0.2, 0.25) is 0 Å². The second-order valence-corrected chi connectivity index (χ2v) is 8.57. The highest BCUT2D eigenvalue weighted by molar-refractivity contribution is 7.68. The molecular weight excluding hydrogens is 401 g/mol. The van der Waals surface area contributed by atoms with Gasteiger partial charge in [0, 0.05) is 27.9 Å². The first-order valence-electron chi connectivity index (χ1n) is 10.0. The number of rotatable bonds is 7. The topological polar surface area (TPSA) is 38.3 Å². The number of hydrogen-bond acceptors (Lipinski definition) is 2. The summed E-state index contributed by atoms with van der Waals surface area (Å²) in [5.41, 5.74) is 1.50. The molecule has 31 heavy (non-hydrogen) atoms. The van der Waals surface area contributed by atoms with E-state index in [1.54, 1.807) is 18.3 Å². The van der Waals surface area contributed by atoms with E-state index in [0.29, 0.717) is 11.3 Å². The molecule has 1 amide bonds. The number of benzene rings is 4. The predicted molar refractivity (Wildman–Crippen MR) is 128 cm³/mol. The van der Waals surface area contributed by atoms with E-state index < -0.39 is 8.15 Å². The molecule has 0 aliphatic heterocycles. The summed E-state index contributed by atoms with van der Waals surface area (Å²) in [4.78, 5) is 12.6. The van der Waals surface area contributed by atoms with Gasteiger partial charge in [-0.1, -0.05) is 109 Å². The summed E-state index contributed by atoms with van der Waals surface area (Å²) < 4.78 is 6.61. The molecule has 0 spiro atoms. The molecule has 0 unspecified atom stereocenters. The van der Waals surface area contributed by atoms with Crippen LogP contribution in [0.3, 0.4) is 0 Å². The third-order valence-corrected chi connectivity index (χ3v) is 6.51. The lowest BCUT2D eigenvalue weighted by molar-refractivity contribution is 0.0969. The Balaban J connectivity index is 1.68. The SMILES string of the molecule is O=C(NC=C(OP(c1ccccc1)c1ccccc1)c1ccccc1)c1ccccc1. The number of amides is 1. The van der Waals surface area contributed by atoms with E-state index in [9.17, 15) is 4.79 Å². The first-order chi connectivity index (χ1) is 15.3. The fraction of sp³-hybridized carbons (Fsp3) is 0. The summed E-state index contributed by atoms with van der Waals surface area (Å²) in [7, 11) is -1.12. The first-order valence-corrected chi connectivity index (χ1v) is 11.3. The van der Waals surface area contributed by atoms with Gasteiger partial charge >= 0.3 is 0 Å². The van der Waals surface area contributed by atoms with Crippen molar-refractivity contribution in [1.82, 2.24) is 5.32 Å². The van der Waals surface area contributed by atoms with Crippen molar-refractivity contribution in [3.05, 3.63) is 139 Å². The van der Waals surface area contributed by atoms with Gasteiger partial charge in [0.05, 0.1) is 0 Å². The Kier molecular flexibility index (Phi) is 6.89. The van der Waals surface area contributed by atoms with Crippen LogP contribution in [0, 0.1) is 0 Å². The van der Waals surface area contributed by atoms with Crippen LogP contribution in [0.5, 0.6) is 0 Å². The van der Waals surface area contributed by atoms with Crippen LogP contribution < -0.4 is 15.9 Å². The lowest BCUT2D eigenvalue weighted by Gasteiger charge is -2.21. The van der Waals surface area contributed by atoms with Gasteiger partial charge in [-0.2, -0.15) is 0 Å². The molecule has 1 N–H and O–H groups in total. The van der Waals surface area contributed by atoms with Crippen LogP contribution in [-0.2, 0) is 4.52 Å². The largest absolute Gasteiger partial charge is 0.462 e. The van der Waals surface area contributed by atoms with Crippen LogP contribution in [-0.4, -0.2) is 5.91 Å². The molecule has 0 aliphatic carbocycles. The molecule has 0 radical (unpaired) electrons. The lowest BCUT2D eigenvalue weighted by Crippen LogP contribution is -2.19. The van der Waals surface area contributed by atoms with Gasteiger partial charge in [0.1, 0.15) is 5.76 Å². The quantitative estimate of drug-likeness (QED) is 0.316. The first kappa shape index (κ1) is 20.6. The van der Waals surface area contributed by atoms with Crippen LogP contribution in [0.15, 0.2) is 128 Å². The normalized spacial score (nSPS) is 11.2. The Morgan fingerprint density at radius 2 is 1.03 bits per heavy atom. The highest BCUT2D eigenvalue weighted by Crippen LogP contribution is 2.40. The van der Waals surface area contributed by atoms with E-state index in [1.807, 2.05) is 84.9 Å². The summed E-state index contributed by atoms with van der Waals surface area (Å²) in [6.45, 7) is 0. The van der Waals surface area contributed by atoms with Crippen molar-refractivity contribution in [3.63, 3.8) is 0 Å². The molecule has 4 aromatic carbocycles. The summed E-state index contributed by atoms with van der Waals surface area (Å²) in [6, 6.07) is 39.3. The van der Waals surface area contributed by atoms with Crippen LogP contribution in [0.2, 0.25) is 0 Å². The minimum absolute atomic E-state index is 0.179. The minimum Gasteiger partial charge on any atom is -0.462 e. The van der Waals surface area contributed by atoms with E-state index in [4.69, 9.17) is 4.52 Å². The average molecular weight is 423 g/mol. The maximum Gasteiger partial charge on any atom is 0.255 e. The van der Waals surface area contributed by atoms with E-state index in [0.717, 1.165) is 16.2 Å². The molecule has 0 aliphatic rings. The molecule has 0 aromatic heterocycles. The molecule has 0 saturated carbocycles. The Morgan fingerprint density at radius 1 is 0.613 bits per heavy atom. The fourth-order valence-electron chi connectivity index (χ4n) is 3.05. The number of nitrogens with one attached hydrogen (secondary N) is 1. The summed E-state index contributed by atoms with van der Waals surface area (Å²) in [5, 5.41) is 5.08. The van der Waals surface area contributed by atoms with E-state index >= 15 is 0 Å². The lowest BCUT2D eigenvalue weighted by atomic mass is 10.2. The van der Waals surface area contributed by atoms with Crippen molar-refractivity contribution in [2.24, 2.45) is 0 Å². The van der Waals surface area contributed by atoms with Gasteiger partial charge in [-0.15, -0.1) is 0 Å². The van der Waals surface area contributed by atoms with Crippen molar-refractivity contribution < 1.29 is 9.32 Å². The Hall–Kier alpha value is -3.68. The van der Waals surface area contributed by atoms with Crippen LogP contribution in [0.1, 0.15) is 15.9 Å². The smallest absolute Gasteiger partial charge is 0.255 e. The van der Waals surface area contributed by atoms with Crippen molar-refractivity contribution in [2.75, 3.05) is 0 Å². The fourth-order valence-corrected chi connectivity index (χ4v) is 4.80. The van der Waals surface area contributed by atoms with Gasteiger partial charge < -0.3 is 9.84 Å². The summed E-state index contributed by atoms with van der Waals surface area (Å²) in [5.74, 6) is 0.435. The number of hydrogen-bond donors (Lipinski definition) is 1. The van der Waals surface area contributed by atoms with Crippen molar-refractivity contribution in [1.29, 1.82) is 0 Å². The molecule has 0 bridgehead atoms. The third kappa shape index (κ3) is 5.48. The molecular formula is C27H22NO2P. The van der Waals surface area contributed by atoms with Gasteiger partial charge in [0.25, 0.3) is 5.91 Å². The average Bonchev–Trinajstić information content (AvgIpc) is 2.86. The maximum absolute atomic E-state index is 12.6. The van der Waals surface area contributed by atoms with Crippen molar-refractivity contribution >= 4 is 30.4 Å². The third-order valence-electron chi connectivity index (χ3n) is 4.60. The van der Waals surface area contributed by atoms with E-state index in [2.05, 4.69) is 29.6 Å². The molecule has 0 atom stereocenters. The van der Waals surface area contributed by atoms with Gasteiger partial charge in [-0.3, -0.25) is 4.79 Å². The number of carbonyl (C=O) groups excluding carboxylic acids is 1. The number of carbonyl (C=O) groups is 1. The second-order valence-electron chi connectivity index (χ2n) is 6.77. The zero-order chi connectivity index (χ0) is 21.3. The standard InChI is InChI=1S/C27H22NO2P/c29-27(23-15-7-2-8-16-23)28-21-26(22-13-5-1-6-14-22)30-31(24-17-9-3-10-18-24)25-19-11-4-12-20-25/h1-21H,(H,28,29). The maximum atomic E-state index is 12.6. The molecule has 4 heteroatoms. The Bertz CT molecular complexity index is 1090. The molecule has 0 saturated heterocycles. The van der Waals surface area contributed by atoms with Gasteiger partial charge in [0.15, 0.2) is 8.15 Å². The summed E-state index contributed by atoms with van der Waals surface area (Å²) >= 11 is 0. The van der Waals surface area contributed by atoms with Crippen LogP contribution in [0.25, 0.3) is 5.76 Å². The Morgan fingerprint density at radius 3 is 1.52 bits per heavy atom. The Labute approximate surface area is 183 Å². The predicted octanol–water partition coefficient (Wildman–Crippen LogP) is 5.48. The van der Waals surface area contributed by atoms with Crippen molar-refractivity contribution in [2.45, 2.75) is 0 Å². The minimum atomic E-state index is -1.12. The molecule has 0 heterocycles. The zero-order valence-electron chi connectivity index (χ0n) is 16.9. The van der Waals surface area contributed by atoms with Crippen LogP contribution in [0.4, 0.5) is 0 Å². The summed E-state index contributed by atoms with van der Waals surface area (Å²) in [6.07, 6.45) is 1.66. The molecule has 4 rings (SSSR count). The second kappa shape index (κ2) is 10.4. The van der Waals surface area contributed by atoms with E-state index in [1.165, 1.54) is 0 Å². The van der Waals surface area contributed by atoms with E-state index in [-0.39, 0.29) is 5.91 Å². The van der Waals surface area contributed by atoms with Gasteiger partial charge in [-0.25, -0.2) is 0 Å². The molecule has 3 nitrogen and oxygen atoms in total. The molecule has 4 aromatic rings. The zero-order valence-corrected chi connectivity index (χ0v) is 17.8. The monoisotopic (exact) mass is 423 g/mol. The van der Waals surface area contributed by atoms with Crippen LogP contribution >= 0.6 is 8.15 Å². The highest BCUT2D eigenvalue weighted by atomic mass is 31.1.